The summed E-state index contributed by atoms with van der Waals surface area (Å²) in [4.78, 5) is 15.6. The quantitative estimate of drug-likeness (QED) is 0.778. The van der Waals surface area contributed by atoms with Gasteiger partial charge in [0.15, 0.2) is 0 Å². The highest BCUT2D eigenvalue weighted by atomic mass is 16.4. The van der Waals surface area contributed by atoms with E-state index in [4.69, 9.17) is 0 Å². The molecule has 94 valence electrons. The Kier molecular flexibility index (Phi) is 3.19. The first-order chi connectivity index (χ1) is 8.04. The number of aromatic nitrogens is 2. The van der Waals surface area contributed by atoms with Crippen molar-refractivity contribution in [2.45, 2.75) is 44.8 Å². The van der Waals surface area contributed by atoms with Crippen LogP contribution in [0.2, 0.25) is 0 Å². The molecule has 0 saturated heterocycles. The zero-order valence-electron chi connectivity index (χ0n) is 10.3. The molecule has 0 aliphatic heterocycles. The Hall–Kier alpha value is -1.36. The van der Waals surface area contributed by atoms with Gasteiger partial charge in [0, 0.05) is 18.4 Å². The molecule has 0 amide bonds. The number of nitrogens with zero attached hydrogens (tertiary/aromatic N) is 2. The molecule has 1 aromatic rings. The van der Waals surface area contributed by atoms with Crippen molar-refractivity contribution in [2.24, 2.45) is 5.92 Å². The van der Waals surface area contributed by atoms with Gasteiger partial charge in [0.1, 0.15) is 5.54 Å². The van der Waals surface area contributed by atoms with Crippen molar-refractivity contribution in [3.05, 3.63) is 18.7 Å². The molecule has 1 aromatic heterocycles. The van der Waals surface area contributed by atoms with E-state index in [1.807, 2.05) is 24.6 Å². The minimum atomic E-state index is -0.852. The number of carbonyl (C=O) groups is 1. The summed E-state index contributed by atoms with van der Waals surface area (Å²) < 4.78 is 1.84. The van der Waals surface area contributed by atoms with Crippen LogP contribution in [0.4, 0.5) is 0 Å². The number of nitrogens with one attached hydrogen (secondary N) is 1. The molecular weight excluding hydrogens is 218 g/mol. The first-order valence-corrected chi connectivity index (χ1v) is 6.01. The SMILES string of the molecule is CC(C)NC(Cn1ccnc1)(C(=O)O)C1CC1. The van der Waals surface area contributed by atoms with Crippen LogP contribution in [0.5, 0.6) is 0 Å². The molecule has 17 heavy (non-hydrogen) atoms. The van der Waals surface area contributed by atoms with Crippen molar-refractivity contribution in [2.75, 3.05) is 0 Å². The number of hydrogen-bond acceptors (Lipinski definition) is 3. The zero-order chi connectivity index (χ0) is 12.5. The second-order valence-corrected chi connectivity index (χ2v) is 5.08. The van der Waals surface area contributed by atoms with Crippen molar-refractivity contribution < 1.29 is 9.90 Å². The molecule has 1 heterocycles. The summed E-state index contributed by atoms with van der Waals surface area (Å²) in [6.07, 6.45) is 7.13. The lowest BCUT2D eigenvalue weighted by atomic mass is 9.92. The number of rotatable bonds is 6. The van der Waals surface area contributed by atoms with E-state index in [2.05, 4.69) is 10.3 Å². The van der Waals surface area contributed by atoms with Crippen molar-refractivity contribution in [1.29, 1.82) is 0 Å². The van der Waals surface area contributed by atoms with Crippen LogP contribution in [0.15, 0.2) is 18.7 Å². The largest absolute Gasteiger partial charge is 0.480 e. The fraction of sp³-hybridized carbons (Fsp3) is 0.667. The average Bonchev–Trinajstić information content (AvgIpc) is 2.97. The Morgan fingerprint density at radius 2 is 2.35 bits per heavy atom. The molecule has 2 rings (SSSR count). The van der Waals surface area contributed by atoms with E-state index in [0.29, 0.717) is 6.54 Å². The van der Waals surface area contributed by atoms with E-state index < -0.39 is 11.5 Å². The molecule has 0 radical (unpaired) electrons. The fourth-order valence-corrected chi connectivity index (χ4v) is 2.36. The van der Waals surface area contributed by atoms with Gasteiger partial charge in [-0.3, -0.25) is 10.1 Å². The Morgan fingerprint density at radius 3 is 2.76 bits per heavy atom. The van der Waals surface area contributed by atoms with Gasteiger partial charge in [0.25, 0.3) is 0 Å². The second-order valence-electron chi connectivity index (χ2n) is 5.08. The maximum atomic E-state index is 11.7. The maximum absolute atomic E-state index is 11.7. The third-order valence-corrected chi connectivity index (χ3v) is 3.19. The molecule has 1 aliphatic carbocycles. The fourth-order valence-electron chi connectivity index (χ4n) is 2.36. The minimum absolute atomic E-state index is 0.148. The second kappa shape index (κ2) is 4.49. The van der Waals surface area contributed by atoms with Crippen LogP contribution in [0.25, 0.3) is 0 Å². The highest BCUT2D eigenvalue weighted by molar-refractivity contribution is 5.79. The zero-order valence-corrected chi connectivity index (χ0v) is 10.3. The normalized spacial score (nSPS) is 19.2. The Bertz CT molecular complexity index is 384. The van der Waals surface area contributed by atoms with E-state index >= 15 is 0 Å². The van der Waals surface area contributed by atoms with E-state index in [-0.39, 0.29) is 12.0 Å². The van der Waals surface area contributed by atoms with Gasteiger partial charge in [-0.15, -0.1) is 0 Å². The Labute approximate surface area is 101 Å². The lowest BCUT2D eigenvalue weighted by Gasteiger charge is -2.33. The molecule has 0 bridgehead atoms. The molecule has 1 fully saturated rings. The summed E-state index contributed by atoms with van der Waals surface area (Å²) in [6, 6.07) is 0.148. The molecular formula is C12H19N3O2. The third-order valence-electron chi connectivity index (χ3n) is 3.19. The molecule has 5 nitrogen and oxygen atoms in total. The highest BCUT2D eigenvalue weighted by Crippen LogP contribution is 2.41. The number of aliphatic carboxylic acids is 1. The van der Waals surface area contributed by atoms with Gasteiger partial charge in [-0.2, -0.15) is 0 Å². The van der Waals surface area contributed by atoms with Crippen molar-refractivity contribution >= 4 is 5.97 Å². The van der Waals surface area contributed by atoms with E-state index in [1.54, 1.807) is 12.5 Å². The summed E-state index contributed by atoms with van der Waals surface area (Å²) in [7, 11) is 0. The van der Waals surface area contributed by atoms with Crippen LogP contribution in [-0.2, 0) is 11.3 Å². The van der Waals surface area contributed by atoms with Gasteiger partial charge in [-0.1, -0.05) is 0 Å². The van der Waals surface area contributed by atoms with Crippen LogP contribution in [-0.4, -0.2) is 32.2 Å². The van der Waals surface area contributed by atoms with Crippen molar-refractivity contribution in [3.8, 4) is 0 Å². The van der Waals surface area contributed by atoms with Gasteiger partial charge < -0.3 is 9.67 Å². The Morgan fingerprint density at radius 1 is 1.65 bits per heavy atom. The highest BCUT2D eigenvalue weighted by Gasteiger charge is 2.51. The van der Waals surface area contributed by atoms with E-state index in [0.717, 1.165) is 12.8 Å². The predicted molar refractivity (Wildman–Crippen MR) is 63.6 cm³/mol. The van der Waals surface area contributed by atoms with E-state index in [1.165, 1.54) is 0 Å². The summed E-state index contributed by atoms with van der Waals surface area (Å²) >= 11 is 0. The van der Waals surface area contributed by atoms with Gasteiger partial charge in [0.2, 0.25) is 0 Å². The van der Waals surface area contributed by atoms with Crippen LogP contribution >= 0.6 is 0 Å². The lowest BCUT2D eigenvalue weighted by molar-refractivity contribution is -0.147. The Balaban J connectivity index is 2.23. The molecule has 2 N–H and O–H groups in total. The standard InChI is InChI=1S/C12H19N3O2/c1-9(2)14-12(11(16)17,10-3-4-10)7-15-6-5-13-8-15/h5-6,8-10,14H,3-4,7H2,1-2H3,(H,16,17). The summed E-state index contributed by atoms with van der Waals surface area (Å²) in [5, 5.41) is 12.8. The monoisotopic (exact) mass is 237 g/mol. The number of carboxylic acid groups (broad SMARTS) is 1. The predicted octanol–water partition coefficient (Wildman–Crippen LogP) is 1.11. The topological polar surface area (TPSA) is 67.2 Å². The molecule has 1 atom stereocenters. The van der Waals surface area contributed by atoms with Gasteiger partial charge in [-0.05, 0) is 32.6 Å². The minimum Gasteiger partial charge on any atom is -0.480 e. The van der Waals surface area contributed by atoms with Crippen molar-refractivity contribution in [1.82, 2.24) is 14.9 Å². The maximum Gasteiger partial charge on any atom is 0.326 e. The number of imidazole rings is 1. The molecule has 1 saturated carbocycles. The molecule has 0 spiro atoms. The summed E-state index contributed by atoms with van der Waals surface area (Å²) in [6.45, 7) is 4.40. The lowest BCUT2D eigenvalue weighted by Crippen LogP contribution is -2.59. The van der Waals surface area contributed by atoms with Crippen LogP contribution in [0.1, 0.15) is 26.7 Å². The van der Waals surface area contributed by atoms with E-state index in [9.17, 15) is 9.90 Å². The van der Waals surface area contributed by atoms with Gasteiger partial charge >= 0.3 is 5.97 Å². The molecule has 5 heteroatoms. The summed E-state index contributed by atoms with van der Waals surface area (Å²) in [5.74, 6) is -0.535. The molecule has 0 aromatic carbocycles. The van der Waals surface area contributed by atoms with Crippen LogP contribution < -0.4 is 5.32 Å². The smallest absolute Gasteiger partial charge is 0.326 e. The van der Waals surface area contributed by atoms with Gasteiger partial charge in [0.05, 0.1) is 12.9 Å². The first kappa shape index (κ1) is 12.1. The molecule has 1 aliphatic rings. The number of hydrogen-bond donors (Lipinski definition) is 2. The van der Waals surface area contributed by atoms with Crippen molar-refractivity contribution in [3.63, 3.8) is 0 Å². The number of carboxylic acids is 1. The third kappa shape index (κ3) is 2.49. The first-order valence-electron chi connectivity index (χ1n) is 6.01. The summed E-state index contributed by atoms with van der Waals surface area (Å²) in [5.41, 5.74) is -0.852. The average molecular weight is 237 g/mol. The van der Waals surface area contributed by atoms with Crippen LogP contribution in [0.3, 0.4) is 0 Å². The van der Waals surface area contributed by atoms with Crippen LogP contribution in [0, 0.1) is 5.92 Å². The van der Waals surface area contributed by atoms with Gasteiger partial charge in [-0.25, -0.2) is 4.98 Å². The molecule has 1 unspecified atom stereocenters.